The maximum absolute atomic E-state index is 14.7. The maximum atomic E-state index is 14.7. The van der Waals surface area contributed by atoms with E-state index in [0.29, 0.717) is 69.0 Å². The number of halogens is 3. The van der Waals surface area contributed by atoms with Gasteiger partial charge in [-0.3, -0.25) is 33.6 Å². The number of aromatic nitrogens is 5. The zero-order chi connectivity index (χ0) is 48.3. The highest BCUT2D eigenvalue weighted by molar-refractivity contribution is 6.05. The van der Waals surface area contributed by atoms with Gasteiger partial charge in [0, 0.05) is 127 Å². The third-order valence-electron chi connectivity index (χ3n) is 15.0. The van der Waals surface area contributed by atoms with Crippen molar-refractivity contribution in [3.63, 3.8) is 0 Å². The summed E-state index contributed by atoms with van der Waals surface area (Å²) in [6.07, 6.45) is 1.82. The zero-order valence-electron chi connectivity index (χ0n) is 38.9. The molecule has 11 rings (SSSR count). The summed E-state index contributed by atoms with van der Waals surface area (Å²) in [5, 5.41) is 10.6. The number of alkyl halides is 3. The number of piperazine rings is 2. The Labute approximate surface area is 401 Å². The van der Waals surface area contributed by atoms with Crippen LogP contribution in [0.2, 0.25) is 0 Å². The number of hydrogen-bond acceptors (Lipinski definition) is 11. The van der Waals surface area contributed by atoms with E-state index in [1.165, 1.54) is 28.1 Å². The number of piperidine rings is 1. The summed E-state index contributed by atoms with van der Waals surface area (Å²) in [5.41, 5.74) is 4.79. The predicted octanol–water partition coefficient (Wildman–Crippen LogP) is 4.20. The Morgan fingerprint density at radius 2 is 1.53 bits per heavy atom. The van der Waals surface area contributed by atoms with E-state index in [0.717, 1.165) is 79.3 Å². The Balaban J connectivity index is 0.675. The van der Waals surface area contributed by atoms with E-state index in [9.17, 15) is 32.3 Å². The molecule has 4 fully saturated rings. The molecule has 16 nitrogen and oxygen atoms in total. The second-order valence-electron chi connectivity index (χ2n) is 19.4. The van der Waals surface area contributed by atoms with Crippen molar-refractivity contribution >= 4 is 34.6 Å². The number of aryl methyl sites for hydroxylation is 1. The van der Waals surface area contributed by atoms with Gasteiger partial charge in [0.1, 0.15) is 18.2 Å². The minimum atomic E-state index is -4.67. The number of anilines is 2. The van der Waals surface area contributed by atoms with E-state index in [-0.39, 0.29) is 23.8 Å². The first-order valence-electron chi connectivity index (χ1n) is 24.0. The van der Waals surface area contributed by atoms with Crippen LogP contribution in [0.4, 0.5) is 24.5 Å². The van der Waals surface area contributed by atoms with Crippen molar-refractivity contribution in [2.75, 3.05) is 81.9 Å². The largest absolute Gasteiger partial charge is 0.418 e. The van der Waals surface area contributed by atoms with Crippen molar-refractivity contribution < 1.29 is 32.3 Å². The summed E-state index contributed by atoms with van der Waals surface area (Å²) in [6, 6.07) is 22.6. The molecule has 5 aliphatic rings. The van der Waals surface area contributed by atoms with Crippen molar-refractivity contribution in [1.82, 2.24) is 43.7 Å². The second kappa shape index (κ2) is 18.2. The van der Waals surface area contributed by atoms with E-state index in [4.69, 9.17) is 4.74 Å². The number of imidazole rings is 1. The molecular weight excluding hydrogens is 904 g/mol. The van der Waals surface area contributed by atoms with Crippen LogP contribution < -0.4 is 20.8 Å². The van der Waals surface area contributed by atoms with Crippen molar-refractivity contribution in [1.29, 1.82) is 0 Å². The average Bonchev–Trinajstić information content (AvgIpc) is 4.02. The van der Waals surface area contributed by atoms with Gasteiger partial charge in [-0.2, -0.15) is 13.2 Å². The molecule has 0 radical (unpaired) electrons. The Hall–Kier alpha value is -6.83. The molecular formula is C51H54F3N11O5. The normalized spacial score (nSPS) is 20.0. The fourth-order valence-electron chi connectivity index (χ4n) is 10.8. The summed E-state index contributed by atoms with van der Waals surface area (Å²) in [4.78, 5) is 62.1. The van der Waals surface area contributed by atoms with Crippen LogP contribution in [0.15, 0.2) is 96.3 Å². The van der Waals surface area contributed by atoms with Gasteiger partial charge in [0.15, 0.2) is 0 Å². The number of hydrogen-bond donors (Lipinski definition) is 1. The SMILES string of the molecule is Cn1cnnc1CC1(c2cccc(-n3cc4c(C(F)(F)F)cc(CN5CCN(CCc6ccc(N7CCN(c8ccc9c(c8)CN(C8CCC(=O)NC8=O)C9=O)CC7)cc6)CC5)cn4c3=O)c2)COC1. The van der Waals surface area contributed by atoms with E-state index >= 15 is 0 Å². The smallest absolute Gasteiger partial charge is 0.379 e. The number of carbonyl (C=O) groups is 3. The zero-order valence-corrected chi connectivity index (χ0v) is 38.9. The summed E-state index contributed by atoms with van der Waals surface area (Å²) >= 11 is 0. The molecule has 1 atom stereocenters. The Morgan fingerprint density at radius 3 is 2.21 bits per heavy atom. The van der Waals surface area contributed by atoms with Crippen LogP contribution in [0, 0.1) is 0 Å². The van der Waals surface area contributed by atoms with Gasteiger partial charge in [0.05, 0.1) is 30.0 Å². The number of ether oxygens (including phenoxy) is 1. The fourth-order valence-corrected chi connectivity index (χ4v) is 10.8. The molecule has 0 bridgehead atoms. The molecule has 1 unspecified atom stereocenters. The number of imide groups is 1. The molecule has 70 heavy (non-hydrogen) atoms. The lowest BCUT2D eigenvalue weighted by Crippen LogP contribution is -2.52. The molecule has 3 amide bonds. The number of amides is 3. The lowest BCUT2D eigenvalue weighted by Gasteiger charge is -2.41. The Kier molecular flexibility index (Phi) is 11.8. The molecule has 4 saturated heterocycles. The number of pyridine rings is 1. The Morgan fingerprint density at radius 1 is 0.800 bits per heavy atom. The first kappa shape index (κ1) is 45.6. The van der Waals surface area contributed by atoms with Gasteiger partial charge in [-0.15, -0.1) is 10.2 Å². The topological polar surface area (TPSA) is 146 Å². The van der Waals surface area contributed by atoms with Gasteiger partial charge in [0.2, 0.25) is 11.8 Å². The van der Waals surface area contributed by atoms with Crippen LogP contribution in [0.3, 0.4) is 0 Å². The van der Waals surface area contributed by atoms with Crippen LogP contribution >= 0.6 is 0 Å². The van der Waals surface area contributed by atoms with Crippen LogP contribution in [0.1, 0.15) is 56.8 Å². The molecule has 5 aliphatic heterocycles. The van der Waals surface area contributed by atoms with E-state index in [2.05, 4.69) is 65.4 Å². The van der Waals surface area contributed by atoms with E-state index in [1.807, 2.05) is 41.9 Å². The highest BCUT2D eigenvalue weighted by Crippen LogP contribution is 2.38. The highest BCUT2D eigenvalue weighted by Gasteiger charge is 2.43. The molecule has 0 saturated carbocycles. The van der Waals surface area contributed by atoms with Crippen LogP contribution in [-0.2, 0) is 58.9 Å². The summed E-state index contributed by atoms with van der Waals surface area (Å²) < 4.78 is 54.0. The van der Waals surface area contributed by atoms with Gasteiger partial charge in [-0.05, 0) is 83.6 Å². The van der Waals surface area contributed by atoms with Gasteiger partial charge < -0.3 is 28.9 Å². The minimum absolute atomic E-state index is 0.168. The quantitative estimate of drug-likeness (QED) is 0.176. The average molecular weight is 958 g/mol. The standard InChI is InChI=1S/C51H54F3N11O5/c1-58-33-55-57-45(58)26-50(31-70-32-50)37-3-2-4-40(25-37)63-30-44-42(51(52,53)54)23-35(28-65(44)49(63)69)27-60-17-15-59(16-18-60)14-13-34-5-7-38(8-6-34)61-19-21-62(22-20-61)39-9-10-41-36(24-39)29-64(48(41)68)43-11-12-46(66)56-47(43)67/h2-10,23-25,28,30,33,43H,11-22,26-27,29,31-32H2,1H3,(H,56,66,67). The molecule has 19 heteroatoms. The number of benzene rings is 3. The summed E-state index contributed by atoms with van der Waals surface area (Å²) in [5.74, 6) is -0.0887. The third-order valence-corrected chi connectivity index (χ3v) is 15.0. The number of nitrogens with one attached hydrogen (secondary N) is 1. The second-order valence-corrected chi connectivity index (χ2v) is 19.4. The first-order chi connectivity index (χ1) is 33.8. The van der Waals surface area contributed by atoms with Gasteiger partial charge in [-0.1, -0.05) is 24.3 Å². The van der Waals surface area contributed by atoms with Gasteiger partial charge in [0.25, 0.3) is 5.91 Å². The highest BCUT2D eigenvalue weighted by atomic mass is 19.4. The van der Waals surface area contributed by atoms with Gasteiger partial charge in [-0.25, -0.2) is 4.79 Å². The monoisotopic (exact) mass is 957 g/mol. The molecule has 6 aromatic rings. The molecule has 364 valence electrons. The van der Waals surface area contributed by atoms with E-state index < -0.39 is 34.8 Å². The fraction of sp³-hybridized carbons (Fsp3) is 0.412. The molecule has 3 aromatic carbocycles. The molecule has 8 heterocycles. The van der Waals surface area contributed by atoms with Crippen molar-refractivity contribution in [2.45, 2.75) is 56.4 Å². The lowest BCUT2D eigenvalue weighted by atomic mass is 9.75. The molecule has 0 spiro atoms. The van der Waals surface area contributed by atoms with Crippen LogP contribution in [0.5, 0.6) is 0 Å². The third kappa shape index (κ3) is 8.74. The number of nitrogens with zero attached hydrogens (tertiary/aromatic N) is 10. The van der Waals surface area contributed by atoms with Crippen molar-refractivity contribution in [3.05, 3.63) is 141 Å². The summed E-state index contributed by atoms with van der Waals surface area (Å²) in [7, 11) is 1.88. The minimum Gasteiger partial charge on any atom is -0.379 e. The van der Waals surface area contributed by atoms with Crippen LogP contribution in [-0.4, -0.2) is 134 Å². The van der Waals surface area contributed by atoms with Crippen LogP contribution in [0.25, 0.3) is 11.2 Å². The van der Waals surface area contributed by atoms with E-state index in [1.54, 1.807) is 23.5 Å². The predicted molar refractivity (Wildman–Crippen MR) is 254 cm³/mol. The lowest BCUT2D eigenvalue weighted by molar-refractivity contribution is -0.137. The number of carbonyl (C=O) groups excluding carboxylic acids is 3. The molecule has 0 aliphatic carbocycles. The van der Waals surface area contributed by atoms with Crippen molar-refractivity contribution in [2.24, 2.45) is 7.05 Å². The summed E-state index contributed by atoms with van der Waals surface area (Å²) in [6.45, 7) is 8.69. The first-order valence-corrected chi connectivity index (χ1v) is 24.0. The maximum Gasteiger partial charge on any atom is 0.418 e. The number of rotatable bonds is 12. The number of fused-ring (bicyclic) bond motifs is 2. The molecule has 1 N–H and O–H groups in total. The van der Waals surface area contributed by atoms with Crippen molar-refractivity contribution in [3.8, 4) is 5.69 Å². The molecule has 3 aromatic heterocycles. The van der Waals surface area contributed by atoms with Gasteiger partial charge >= 0.3 is 11.9 Å². The Bertz CT molecular complexity index is 3040.